The zero-order valence-corrected chi connectivity index (χ0v) is 18.8. The molecule has 1 saturated heterocycles. The van der Waals surface area contributed by atoms with Crippen molar-refractivity contribution in [3.05, 3.63) is 82.3 Å². The van der Waals surface area contributed by atoms with Crippen molar-refractivity contribution in [2.24, 2.45) is 7.05 Å². The highest BCUT2D eigenvalue weighted by atomic mass is 19.1. The van der Waals surface area contributed by atoms with Gasteiger partial charge in [0.25, 0.3) is 5.56 Å². The van der Waals surface area contributed by atoms with Crippen molar-refractivity contribution >= 4 is 22.4 Å². The van der Waals surface area contributed by atoms with Gasteiger partial charge in [0.2, 0.25) is 0 Å². The van der Waals surface area contributed by atoms with Crippen LogP contribution in [-0.4, -0.2) is 38.5 Å². The van der Waals surface area contributed by atoms with Gasteiger partial charge in [0, 0.05) is 31.5 Å². The molecule has 172 valence electrons. The van der Waals surface area contributed by atoms with E-state index in [9.17, 15) is 13.6 Å². The summed E-state index contributed by atoms with van der Waals surface area (Å²) >= 11 is 0. The molecule has 1 unspecified atom stereocenters. The molecular weight excluding hydrogens is 424 g/mol. The van der Waals surface area contributed by atoms with Crippen molar-refractivity contribution in [1.82, 2.24) is 18.8 Å². The van der Waals surface area contributed by atoms with Gasteiger partial charge in [-0.2, -0.15) is 0 Å². The van der Waals surface area contributed by atoms with E-state index in [0.29, 0.717) is 29.5 Å². The number of hydrogen-bond donors (Lipinski definition) is 1. The van der Waals surface area contributed by atoms with Crippen LogP contribution in [-0.2, 0) is 20.1 Å². The highest BCUT2D eigenvalue weighted by Crippen LogP contribution is 2.29. The fourth-order valence-corrected chi connectivity index (χ4v) is 4.73. The first-order valence-electron chi connectivity index (χ1n) is 11.2. The van der Waals surface area contributed by atoms with Gasteiger partial charge >= 0.3 is 0 Å². The molecule has 1 aliphatic rings. The summed E-state index contributed by atoms with van der Waals surface area (Å²) < 4.78 is 32.5. The number of likely N-dealkylation sites (tertiary alicyclic amines) is 1. The van der Waals surface area contributed by atoms with Crippen LogP contribution >= 0.6 is 0 Å². The number of rotatable bonds is 6. The predicted molar refractivity (Wildman–Crippen MR) is 126 cm³/mol. The Labute approximate surface area is 190 Å². The lowest BCUT2D eigenvalue weighted by Gasteiger charge is -2.21. The van der Waals surface area contributed by atoms with Crippen LogP contribution in [0.15, 0.2) is 59.5 Å². The van der Waals surface area contributed by atoms with Crippen molar-refractivity contribution in [3.63, 3.8) is 0 Å². The predicted octanol–water partition coefficient (Wildman–Crippen LogP) is 4.31. The Morgan fingerprint density at radius 1 is 1.00 bits per heavy atom. The molecule has 1 aliphatic heterocycles. The van der Waals surface area contributed by atoms with E-state index in [1.54, 1.807) is 36.0 Å². The average molecular weight is 452 g/mol. The third-order valence-electron chi connectivity index (χ3n) is 6.63. The van der Waals surface area contributed by atoms with Crippen LogP contribution < -0.4 is 10.9 Å². The number of halogens is 2. The Hall–Kier alpha value is -3.39. The van der Waals surface area contributed by atoms with Crippen LogP contribution in [0.2, 0.25) is 0 Å². The standard InChI is InChI=1S/C25H27F2N5O/c1-29-13-3-4-21(29)15-32-22-16-31(14-17-5-7-18(26)8-6-17)24(23(22)25(33)30(32)2)28-20-11-9-19(27)10-12-20/h5-12,16,21,28H,3-4,13-15H2,1-2H3. The van der Waals surface area contributed by atoms with Gasteiger partial charge in [-0.1, -0.05) is 12.1 Å². The van der Waals surface area contributed by atoms with Gasteiger partial charge in [-0.25, -0.2) is 8.78 Å². The van der Waals surface area contributed by atoms with Crippen LogP contribution in [0.25, 0.3) is 10.9 Å². The quantitative estimate of drug-likeness (QED) is 0.475. The van der Waals surface area contributed by atoms with E-state index in [-0.39, 0.29) is 17.2 Å². The molecule has 0 bridgehead atoms. The molecule has 33 heavy (non-hydrogen) atoms. The fourth-order valence-electron chi connectivity index (χ4n) is 4.73. The SMILES string of the molecule is CN1CCCC1Cn1c2cn(Cc3ccc(F)cc3)c(Nc3ccc(F)cc3)c2c(=O)n1C. The van der Waals surface area contributed by atoms with E-state index < -0.39 is 0 Å². The number of fused-ring (bicyclic) bond motifs is 1. The largest absolute Gasteiger partial charge is 0.341 e. The van der Waals surface area contributed by atoms with Gasteiger partial charge in [-0.05, 0) is 68.4 Å². The number of nitrogens with one attached hydrogen (secondary N) is 1. The van der Waals surface area contributed by atoms with E-state index in [1.807, 2.05) is 15.4 Å². The maximum atomic E-state index is 13.4. The molecule has 8 heteroatoms. The Morgan fingerprint density at radius 3 is 2.30 bits per heavy atom. The first kappa shape index (κ1) is 21.5. The minimum absolute atomic E-state index is 0.0897. The number of hydrogen-bond acceptors (Lipinski definition) is 3. The minimum atomic E-state index is -0.324. The number of likely N-dealkylation sites (N-methyl/N-ethyl adjacent to an activating group) is 1. The number of nitrogens with zero attached hydrogens (tertiary/aromatic N) is 4. The lowest BCUT2D eigenvalue weighted by molar-refractivity contribution is 0.267. The monoisotopic (exact) mass is 451 g/mol. The maximum Gasteiger partial charge on any atom is 0.278 e. The first-order chi connectivity index (χ1) is 15.9. The first-order valence-corrected chi connectivity index (χ1v) is 11.2. The molecule has 2 aromatic carbocycles. The van der Waals surface area contributed by atoms with E-state index >= 15 is 0 Å². The third-order valence-corrected chi connectivity index (χ3v) is 6.63. The van der Waals surface area contributed by atoms with Gasteiger partial charge < -0.3 is 14.8 Å². The van der Waals surface area contributed by atoms with Gasteiger partial charge in [-0.15, -0.1) is 0 Å². The maximum absolute atomic E-state index is 13.4. The molecule has 0 saturated carbocycles. The molecule has 3 heterocycles. The topological polar surface area (TPSA) is 47.1 Å². The summed E-state index contributed by atoms with van der Waals surface area (Å²) in [6, 6.07) is 12.8. The van der Waals surface area contributed by atoms with Crippen LogP contribution in [0.3, 0.4) is 0 Å². The van der Waals surface area contributed by atoms with Gasteiger partial charge in [0.15, 0.2) is 0 Å². The summed E-state index contributed by atoms with van der Waals surface area (Å²) in [5.41, 5.74) is 2.35. The van der Waals surface area contributed by atoms with Crippen LogP contribution in [0.5, 0.6) is 0 Å². The lowest BCUT2D eigenvalue weighted by Crippen LogP contribution is -2.32. The van der Waals surface area contributed by atoms with Crippen molar-refractivity contribution in [3.8, 4) is 0 Å². The second-order valence-corrected chi connectivity index (χ2v) is 8.81. The third kappa shape index (κ3) is 4.06. The lowest BCUT2D eigenvalue weighted by atomic mass is 10.2. The molecule has 4 aromatic rings. The van der Waals surface area contributed by atoms with E-state index in [0.717, 1.165) is 37.0 Å². The summed E-state index contributed by atoms with van der Waals surface area (Å²) in [5, 5.41) is 3.91. The van der Waals surface area contributed by atoms with Crippen LogP contribution in [0.1, 0.15) is 18.4 Å². The van der Waals surface area contributed by atoms with E-state index in [4.69, 9.17) is 0 Å². The highest BCUT2D eigenvalue weighted by molar-refractivity contribution is 5.92. The van der Waals surface area contributed by atoms with Gasteiger partial charge in [-0.3, -0.25) is 14.2 Å². The highest BCUT2D eigenvalue weighted by Gasteiger charge is 2.26. The molecule has 2 aromatic heterocycles. The van der Waals surface area contributed by atoms with Crippen molar-refractivity contribution < 1.29 is 8.78 Å². The van der Waals surface area contributed by atoms with Crippen LogP contribution in [0.4, 0.5) is 20.3 Å². The van der Waals surface area contributed by atoms with E-state index in [2.05, 4.69) is 17.3 Å². The Kier molecular flexibility index (Phi) is 5.54. The normalized spacial score (nSPS) is 16.7. The Morgan fingerprint density at radius 2 is 1.67 bits per heavy atom. The number of anilines is 2. The summed E-state index contributed by atoms with van der Waals surface area (Å²) in [6.07, 6.45) is 4.23. The molecule has 0 aliphatic carbocycles. The molecule has 0 spiro atoms. The second-order valence-electron chi connectivity index (χ2n) is 8.81. The zero-order chi connectivity index (χ0) is 23.1. The number of aromatic nitrogens is 3. The van der Waals surface area contributed by atoms with E-state index in [1.165, 1.54) is 24.3 Å². The van der Waals surface area contributed by atoms with Gasteiger partial charge in [0.05, 0.1) is 12.1 Å². The Bertz CT molecular complexity index is 1330. The van der Waals surface area contributed by atoms with Gasteiger partial charge in [0.1, 0.15) is 22.8 Å². The van der Waals surface area contributed by atoms with Crippen molar-refractivity contribution in [2.45, 2.75) is 32.0 Å². The summed E-state index contributed by atoms with van der Waals surface area (Å²) in [6.45, 7) is 2.25. The van der Waals surface area contributed by atoms with Crippen molar-refractivity contribution in [2.75, 3.05) is 18.9 Å². The zero-order valence-electron chi connectivity index (χ0n) is 18.8. The fraction of sp³-hybridized carbons (Fsp3) is 0.320. The molecule has 1 N–H and O–H groups in total. The molecular formula is C25H27F2N5O. The summed E-state index contributed by atoms with van der Waals surface area (Å²) in [7, 11) is 3.92. The smallest absolute Gasteiger partial charge is 0.278 e. The molecule has 5 rings (SSSR count). The summed E-state index contributed by atoms with van der Waals surface area (Å²) in [4.78, 5) is 15.7. The molecule has 0 amide bonds. The molecule has 1 atom stereocenters. The second kappa shape index (κ2) is 8.51. The molecule has 1 fully saturated rings. The molecule has 6 nitrogen and oxygen atoms in total. The van der Waals surface area contributed by atoms with Crippen molar-refractivity contribution in [1.29, 1.82) is 0 Å². The summed E-state index contributed by atoms with van der Waals surface area (Å²) in [5.74, 6) is 0.0253. The minimum Gasteiger partial charge on any atom is -0.341 e. The number of benzene rings is 2. The Balaban J connectivity index is 1.61. The van der Waals surface area contributed by atoms with Crippen LogP contribution in [0, 0.1) is 11.6 Å². The average Bonchev–Trinajstić information content (AvgIpc) is 3.43. The molecule has 0 radical (unpaired) electrons.